The van der Waals surface area contributed by atoms with Gasteiger partial charge in [-0.2, -0.15) is 0 Å². The molecule has 1 heterocycles. The van der Waals surface area contributed by atoms with Gasteiger partial charge < -0.3 is 39.9 Å². The Balaban J connectivity index is 3.29. The number of carboxylic acid groups (broad SMARTS) is 1. The number of carbonyl (C=O) groups excluding carboxylic acids is 8. The van der Waals surface area contributed by atoms with Crippen LogP contribution in [0.15, 0.2) is 0 Å². The van der Waals surface area contributed by atoms with Crippen molar-refractivity contribution in [3.8, 4) is 24.7 Å². The number of terminal acetylenes is 2. The van der Waals surface area contributed by atoms with Crippen molar-refractivity contribution >= 4 is 52.9 Å². The number of hydrogen-bond acceptors (Lipinski definition) is 11. The Kier molecular flexibility index (Phi) is 26.9. The molecule has 0 aromatic rings. The Morgan fingerprint density at radius 3 is 1.81 bits per heavy atom. The highest BCUT2D eigenvalue weighted by atomic mass is 16.5. The molecule has 1 aliphatic heterocycles. The van der Waals surface area contributed by atoms with Crippen molar-refractivity contribution in [2.75, 3.05) is 34.9 Å². The fourth-order valence-electron chi connectivity index (χ4n) is 10.2. The van der Waals surface area contributed by atoms with Gasteiger partial charge in [-0.25, -0.2) is 0 Å². The zero-order valence-corrected chi connectivity index (χ0v) is 44.7. The summed E-state index contributed by atoms with van der Waals surface area (Å²) in [6.07, 6.45) is 10.8. The number of rotatable bonds is 31. The van der Waals surface area contributed by atoms with Crippen LogP contribution in [0.5, 0.6) is 0 Å². The van der Waals surface area contributed by atoms with Crippen molar-refractivity contribution in [3.05, 3.63) is 0 Å². The van der Waals surface area contributed by atoms with Gasteiger partial charge in [-0.1, -0.05) is 75.7 Å². The van der Waals surface area contributed by atoms with Gasteiger partial charge in [-0.05, 0) is 68.1 Å². The van der Waals surface area contributed by atoms with Crippen LogP contribution in [0.1, 0.15) is 134 Å². The van der Waals surface area contributed by atoms with E-state index in [4.69, 9.17) is 22.3 Å². The van der Waals surface area contributed by atoms with Crippen molar-refractivity contribution in [2.45, 2.75) is 176 Å². The van der Waals surface area contributed by atoms with Crippen LogP contribution in [0.2, 0.25) is 0 Å². The number of nitrogens with one attached hydrogen (secondary N) is 2. The number of methoxy groups -OCH3 is 2. The lowest BCUT2D eigenvalue weighted by molar-refractivity contribution is -0.149. The van der Waals surface area contributed by atoms with Crippen LogP contribution in [0, 0.1) is 72.0 Å². The summed E-state index contributed by atoms with van der Waals surface area (Å²) in [4.78, 5) is 123. The number of Topliss-reactive ketones (excluding diaryl/α,β-unsaturated/α-hetero) is 3. The van der Waals surface area contributed by atoms with Crippen LogP contribution in [-0.2, 0) is 52.6 Å². The molecule has 0 aromatic carbocycles. The minimum Gasteiger partial charge on any atom is -0.481 e. The summed E-state index contributed by atoms with van der Waals surface area (Å²) in [7, 11) is 6.49. The van der Waals surface area contributed by atoms with Crippen LogP contribution >= 0.6 is 0 Å². The number of likely N-dealkylation sites (N-methyl/N-ethyl adjacent to an activating group) is 1. The number of amides is 5. The fraction of sp³-hybridized carbons (Fsp3) is 0.755. The third-order valence-electron chi connectivity index (χ3n) is 14.5. The number of nitrogens with zero attached hydrogens (tertiary/aromatic N) is 3. The molecule has 70 heavy (non-hydrogen) atoms. The number of ether oxygens (including phenoxy) is 2. The fourth-order valence-corrected chi connectivity index (χ4v) is 10.2. The molecule has 13 atom stereocenters. The minimum absolute atomic E-state index is 0.0228. The molecule has 1 rings (SSSR count). The molecule has 0 spiro atoms. The second-order valence-electron chi connectivity index (χ2n) is 20.2. The first-order valence-corrected chi connectivity index (χ1v) is 24.9. The van der Waals surface area contributed by atoms with Gasteiger partial charge in [0.15, 0.2) is 5.78 Å². The lowest BCUT2D eigenvalue weighted by atomic mass is 9.79. The molecule has 0 radical (unpaired) electrons. The maximum atomic E-state index is 14.8. The van der Waals surface area contributed by atoms with Gasteiger partial charge >= 0.3 is 5.97 Å². The van der Waals surface area contributed by atoms with Gasteiger partial charge in [0.2, 0.25) is 29.4 Å². The summed E-state index contributed by atoms with van der Waals surface area (Å²) in [5.41, 5.74) is 0. The molecular weight excluding hydrogens is 899 g/mol. The number of likely N-dealkylation sites (tertiary alicyclic amines) is 1. The second-order valence-corrected chi connectivity index (χ2v) is 20.2. The Labute approximate surface area is 418 Å². The summed E-state index contributed by atoms with van der Waals surface area (Å²) in [6.45, 7) is 21.0. The predicted octanol–water partition coefficient (Wildman–Crippen LogP) is 4.57. The van der Waals surface area contributed by atoms with Crippen LogP contribution in [0.3, 0.4) is 0 Å². The van der Waals surface area contributed by atoms with Crippen molar-refractivity contribution in [2.24, 2.45) is 47.3 Å². The van der Waals surface area contributed by atoms with E-state index >= 15 is 0 Å². The molecule has 394 valence electrons. The minimum atomic E-state index is -1.40. The average molecular weight is 984 g/mol. The van der Waals surface area contributed by atoms with Crippen LogP contribution in [0.4, 0.5) is 0 Å². The highest BCUT2D eigenvalue weighted by Crippen LogP contribution is 2.34. The lowest BCUT2D eigenvalue weighted by Gasteiger charge is -2.42. The summed E-state index contributed by atoms with van der Waals surface area (Å²) in [6, 6.07) is -3.71. The van der Waals surface area contributed by atoms with Crippen LogP contribution in [-0.4, -0.2) is 150 Å². The van der Waals surface area contributed by atoms with E-state index in [1.807, 2.05) is 54.4 Å². The molecule has 17 nitrogen and oxygen atoms in total. The van der Waals surface area contributed by atoms with E-state index in [9.17, 15) is 48.3 Å². The molecule has 2 unspecified atom stereocenters. The molecule has 0 aromatic heterocycles. The Morgan fingerprint density at radius 2 is 1.33 bits per heavy atom. The maximum absolute atomic E-state index is 14.8. The number of carbonyl (C=O) groups is 9. The van der Waals surface area contributed by atoms with E-state index in [0.29, 0.717) is 38.6 Å². The summed E-state index contributed by atoms with van der Waals surface area (Å²) < 4.78 is 12.0. The number of carboxylic acids is 1. The normalized spacial score (nSPS) is 18.8. The second kappa shape index (κ2) is 29.9. The predicted molar refractivity (Wildman–Crippen MR) is 266 cm³/mol. The van der Waals surface area contributed by atoms with Gasteiger partial charge in [0.05, 0.1) is 42.7 Å². The van der Waals surface area contributed by atoms with Gasteiger partial charge in [0.25, 0.3) is 5.91 Å². The third-order valence-corrected chi connectivity index (χ3v) is 14.5. The van der Waals surface area contributed by atoms with Crippen molar-refractivity contribution < 1.29 is 57.7 Å². The molecule has 3 N–H and O–H groups in total. The monoisotopic (exact) mass is 984 g/mol. The molecule has 0 bridgehead atoms. The van der Waals surface area contributed by atoms with E-state index in [1.165, 1.54) is 21.1 Å². The highest BCUT2D eigenvalue weighted by Gasteiger charge is 2.44. The van der Waals surface area contributed by atoms with E-state index in [2.05, 4.69) is 10.6 Å². The van der Waals surface area contributed by atoms with Crippen LogP contribution in [0.25, 0.3) is 0 Å². The first-order chi connectivity index (χ1) is 32.7. The standard InChI is InChI=1S/C53H85N5O12/c1-18-32(9)48(44(69-16)29-46(63)58-24-22-23-41(58)49(70-17)35(12)42(60)27-37(19-2)53(67)68)57(15)52(66)39(30(5)6)25-33(10)47(31(7)8)56(14)51(65)34(11)26-43(61)36(13)54-50(64)40(28-38(59)20-3)55-45(62)21-4/h3-4,30-37,39-41,44,47-49H,18-19,22-29H2,1-2,5-17H3,(H,54,64)(H,55,62)(H,67,68)/t32-,33?,34+,35-,36-,37+,39-,40?,41-,44+,47-,48-,49+/m0/s1. The molecular formula is C53H85N5O12. The molecule has 0 saturated carbocycles. The third kappa shape index (κ3) is 17.6. The molecule has 1 aliphatic rings. The van der Waals surface area contributed by atoms with Gasteiger partial charge in [0, 0.05) is 77.9 Å². The first-order valence-electron chi connectivity index (χ1n) is 24.9. The van der Waals surface area contributed by atoms with Gasteiger partial charge in [-0.15, -0.1) is 12.8 Å². The summed E-state index contributed by atoms with van der Waals surface area (Å²) in [5.74, 6) is -4.27. The Morgan fingerprint density at radius 1 is 0.729 bits per heavy atom. The average Bonchev–Trinajstić information content (AvgIpc) is 3.80. The lowest BCUT2D eigenvalue weighted by Crippen LogP contribution is -2.54. The van der Waals surface area contributed by atoms with Crippen molar-refractivity contribution in [1.29, 1.82) is 0 Å². The van der Waals surface area contributed by atoms with E-state index in [0.717, 1.165) is 0 Å². The van der Waals surface area contributed by atoms with E-state index in [-0.39, 0.29) is 72.5 Å². The van der Waals surface area contributed by atoms with Crippen LogP contribution < -0.4 is 10.6 Å². The molecule has 0 aliphatic carbocycles. The first kappa shape index (κ1) is 62.9. The number of ketones is 3. The quantitative estimate of drug-likeness (QED) is 0.0642. The molecule has 1 saturated heterocycles. The molecule has 17 heteroatoms. The maximum Gasteiger partial charge on any atom is 0.306 e. The smallest absolute Gasteiger partial charge is 0.306 e. The largest absolute Gasteiger partial charge is 0.481 e. The van der Waals surface area contributed by atoms with Gasteiger partial charge in [0.1, 0.15) is 11.8 Å². The highest BCUT2D eigenvalue weighted by molar-refractivity contribution is 6.02. The SMILES string of the molecule is C#CC(=O)CC(NC(=O)C#C)C(=O)N[C@@H](C)C(=O)C[C@@H](C)C(=O)N(C)[C@@H](C(C)C)C(C)C[C@H](C(=O)N(C)[C@@H]([C@@H](C)CC)[C@@H](CC(=O)N1CCC[C@H]1[C@H](OC)[C@@H](C)C(=O)C[C@@H](CC)C(=O)O)OC)C(C)C. The molecule has 5 amide bonds. The Bertz CT molecular complexity index is 1880. The van der Waals surface area contributed by atoms with Crippen molar-refractivity contribution in [1.82, 2.24) is 25.3 Å². The number of hydrogen-bond donors (Lipinski definition) is 3. The Hall–Kier alpha value is -5.13. The zero-order chi connectivity index (χ0) is 53.9. The van der Waals surface area contributed by atoms with Gasteiger partial charge in [-0.3, -0.25) is 43.2 Å². The topological polar surface area (TPSA) is 226 Å². The summed E-state index contributed by atoms with van der Waals surface area (Å²) in [5, 5.41) is 14.3. The van der Waals surface area contributed by atoms with E-state index in [1.54, 1.807) is 55.5 Å². The summed E-state index contributed by atoms with van der Waals surface area (Å²) >= 11 is 0. The number of aliphatic carboxylic acids is 1. The van der Waals surface area contributed by atoms with E-state index < -0.39 is 95.8 Å². The molecule has 1 fully saturated rings. The van der Waals surface area contributed by atoms with Crippen molar-refractivity contribution in [3.63, 3.8) is 0 Å². The zero-order valence-electron chi connectivity index (χ0n) is 44.7.